The Morgan fingerprint density at radius 3 is 2.65 bits per heavy atom. The first-order valence-electron chi connectivity index (χ1n) is 8.92. The van der Waals surface area contributed by atoms with Gasteiger partial charge in [0.05, 0.1) is 5.92 Å². The van der Waals surface area contributed by atoms with Crippen LogP contribution in [0.3, 0.4) is 0 Å². The standard InChI is InChI=1S/C21H25N3O2/c1-14-7-6-10-19(15(14)2)24-13-17(11-20(24)25)21(26)23-12-18(22)16-8-4-3-5-9-16/h3-10,17-18H,11-13,22H2,1-2H3,(H,23,26). The lowest BCUT2D eigenvalue weighted by Crippen LogP contribution is -2.37. The quantitative estimate of drug-likeness (QED) is 0.869. The van der Waals surface area contributed by atoms with Crippen LogP contribution in [0.25, 0.3) is 0 Å². The van der Waals surface area contributed by atoms with Crippen LogP contribution in [0.5, 0.6) is 0 Å². The largest absolute Gasteiger partial charge is 0.354 e. The van der Waals surface area contributed by atoms with Gasteiger partial charge >= 0.3 is 0 Å². The topological polar surface area (TPSA) is 75.4 Å². The van der Waals surface area contributed by atoms with E-state index in [9.17, 15) is 9.59 Å². The molecule has 26 heavy (non-hydrogen) atoms. The molecular weight excluding hydrogens is 326 g/mol. The molecule has 2 aromatic rings. The Balaban J connectivity index is 1.61. The lowest BCUT2D eigenvalue weighted by atomic mass is 10.1. The third kappa shape index (κ3) is 3.78. The zero-order valence-corrected chi connectivity index (χ0v) is 15.2. The van der Waals surface area contributed by atoms with E-state index in [1.54, 1.807) is 4.90 Å². The molecule has 1 saturated heterocycles. The Bertz CT molecular complexity index is 804. The predicted molar refractivity (Wildman–Crippen MR) is 103 cm³/mol. The number of hydrogen-bond donors (Lipinski definition) is 2. The van der Waals surface area contributed by atoms with Gasteiger partial charge in [-0.05, 0) is 36.6 Å². The number of nitrogens with one attached hydrogen (secondary N) is 1. The fraction of sp³-hybridized carbons (Fsp3) is 0.333. The Morgan fingerprint density at radius 2 is 1.92 bits per heavy atom. The molecule has 2 atom stereocenters. The molecule has 0 radical (unpaired) electrons. The summed E-state index contributed by atoms with van der Waals surface area (Å²) in [5, 5.41) is 2.90. The fourth-order valence-electron chi connectivity index (χ4n) is 3.32. The highest BCUT2D eigenvalue weighted by Gasteiger charge is 2.35. The molecule has 136 valence electrons. The molecule has 0 saturated carbocycles. The number of carbonyl (C=O) groups is 2. The molecule has 0 spiro atoms. The van der Waals surface area contributed by atoms with Crippen LogP contribution < -0.4 is 16.0 Å². The van der Waals surface area contributed by atoms with Crippen molar-refractivity contribution in [1.82, 2.24) is 5.32 Å². The second-order valence-electron chi connectivity index (χ2n) is 6.89. The van der Waals surface area contributed by atoms with E-state index in [0.29, 0.717) is 13.1 Å². The minimum atomic E-state index is -0.342. The van der Waals surface area contributed by atoms with E-state index in [1.165, 1.54) is 0 Å². The third-order valence-corrected chi connectivity index (χ3v) is 5.09. The van der Waals surface area contributed by atoms with Crippen LogP contribution in [0, 0.1) is 19.8 Å². The Labute approximate surface area is 154 Å². The van der Waals surface area contributed by atoms with Crippen LogP contribution in [0.4, 0.5) is 5.69 Å². The Morgan fingerprint density at radius 1 is 1.19 bits per heavy atom. The zero-order chi connectivity index (χ0) is 18.7. The molecule has 1 fully saturated rings. The highest BCUT2D eigenvalue weighted by molar-refractivity contribution is 6.00. The summed E-state index contributed by atoms with van der Waals surface area (Å²) in [7, 11) is 0. The fourth-order valence-corrected chi connectivity index (χ4v) is 3.32. The highest BCUT2D eigenvalue weighted by atomic mass is 16.2. The molecule has 2 unspecified atom stereocenters. The van der Waals surface area contributed by atoms with E-state index in [1.807, 2.05) is 62.4 Å². The molecule has 1 heterocycles. The van der Waals surface area contributed by atoms with Crippen LogP contribution in [-0.2, 0) is 9.59 Å². The number of nitrogens with zero attached hydrogens (tertiary/aromatic N) is 1. The highest BCUT2D eigenvalue weighted by Crippen LogP contribution is 2.29. The average molecular weight is 351 g/mol. The summed E-state index contributed by atoms with van der Waals surface area (Å²) in [4.78, 5) is 26.7. The summed E-state index contributed by atoms with van der Waals surface area (Å²) >= 11 is 0. The van der Waals surface area contributed by atoms with Crippen LogP contribution in [-0.4, -0.2) is 24.9 Å². The monoisotopic (exact) mass is 351 g/mol. The maximum Gasteiger partial charge on any atom is 0.227 e. The smallest absolute Gasteiger partial charge is 0.227 e. The maximum atomic E-state index is 12.5. The molecular formula is C21H25N3O2. The third-order valence-electron chi connectivity index (χ3n) is 5.09. The van der Waals surface area contributed by atoms with E-state index < -0.39 is 0 Å². The number of anilines is 1. The van der Waals surface area contributed by atoms with Crippen LogP contribution >= 0.6 is 0 Å². The number of carbonyl (C=O) groups excluding carboxylic acids is 2. The zero-order valence-electron chi connectivity index (χ0n) is 15.2. The van der Waals surface area contributed by atoms with Crippen molar-refractivity contribution in [3.05, 3.63) is 65.2 Å². The van der Waals surface area contributed by atoms with Crippen LogP contribution in [0.15, 0.2) is 48.5 Å². The lowest BCUT2D eigenvalue weighted by Gasteiger charge is -2.20. The minimum absolute atomic E-state index is 0.00814. The number of rotatable bonds is 5. The van der Waals surface area contributed by atoms with Gasteiger partial charge in [-0.15, -0.1) is 0 Å². The molecule has 3 N–H and O–H groups in total. The summed E-state index contributed by atoms with van der Waals surface area (Å²) in [5.74, 6) is -0.464. The summed E-state index contributed by atoms with van der Waals surface area (Å²) in [6, 6.07) is 15.3. The molecule has 5 heteroatoms. The van der Waals surface area contributed by atoms with Crippen molar-refractivity contribution in [3.63, 3.8) is 0 Å². The summed E-state index contributed by atoms with van der Waals surface area (Å²) in [6.45, 7) is 4.80. The molecule has 2 amide bonds. The van der Waals surface area contributed by atoms with Crippen molar-refractivity contribution < 1.29 is 9.59 Å². The van der Waals surface area contributed by atoms with Crippen molar-refractivity contribution in [2.24, 2.45) is 11.7 Å². The van der Waals surface area contributed by atoms with Crippen LogP contribution in [0.2, 0.25) is 0 Å². The van der Waals surface area contributed by atoms with Gasteiger partial charge in [0, 0.05) is 31.2 Å². The first kappa shape index (κ1) is 18.1. The lowest BCUT2D eigenvalue weighted by molar-refractivity contribution is -0.126. The molecule has 5 nitrogen and oxygen atoms in total. The van der Waals surface area contributed by atoms with E-state index >= 15 is 0 Å². The van der Waals surface area contributed by atoms with Gasteiger partial charge in [-0.1, -0.05) is 42.5 Å². The number of aryl methyl sites for hydroxylation is 1. The number of hydrogen-bond acceptors (Lipinski definition) is 3. The number of benzene rings is 2. The predicted octanol–water partition coefficient (Wildman–Crippen LogP) is 2.47. The first-order valence-corrected chi connectivity index (χ1v) is 8.92. The summed E-state index contributed by atoms with van der Waals surface area (Å²) in [6.07, 6.45) is 0.236. The van der Waals surface area contributed by atoms with Gasteiger partial charge in [-0.2, -0.15) is 0 Å². The van der Waals surface area contributed by atoms with Crippen molar-refractivity contribution in [3.8, 4) is 0 Å². The van der Waals surface area contributed by atoms with E-state index in [2.05, 4.69) is 5.32 Å². The Kier molecular flexibility index (Phi) is 5.38. The molecule has 0 bridgehead atoms. The summed E-state index contributed by atoms with van der Waals surface area (Å²) < 4.78 is 0. The van der Waals surface area contributed by atoms with Gasteiger partial charge in [0.2, 0.25) is 11.8 Å². The van der Waals surface area contributed by atoms with E-state index in [4.69, 9.17) is 5.73 Å². The SMILES string of the molecule is Cc1cccc(N2CC(C(=O)NCC(N)c3ccccc3)CC2=O)c1C. The Hall–Kier alpha value is -2.66. The van der Waals surface area contributed by atoms with Gasteiger partial charge in [0.25, 0.3) is 0 Å². The van der Waals surface area contributed by atoms with Crippen molar-refractivity contribution in [2.75, 3.05) is 18.0 Å². The number of amides is 2. The molecule has 2 aromatic carbocycles. The molecule has 0 aliphatic carbocycles. The van der Waals surface area contributed by atoms with E-state index in [-0.39, 0.29) is 30.2 Å². The van der Waals surface area contributed by atoms with Crippen molar-refractivity contribution >= 4 is 17.5 Å². The van der Waals surface area contributed by atoms with Gasteiger partial charge < -0.3 is 16.0 Å². The number of nitrogens with two attached hydrogens (primary N) is 1. The molecule has 1 aliphatic heterocycles. The minimum Gasteiger partial charge on any atom is -0.354 e. The molecule has 0 aromatic heterocycles. The van der Waals surface area contributed by atoms with Gasteiger partial charge in [0.1, 0.15) is 0 Å². The summed E-state index contributed by atoms with van der Waals surface area (Å²) in [5.41, 5.74) is 10.2. The van der Waals surface area contributed by atoms with Crippen molar-refractivity contribution in [2.45, 2.75) is 26.3 Å². The second-order valence-corrected chi connectivity index (χ2v) is 6.89. The second kappa shape index (κ2) is 7.70. The normalized spacial score (nSPS) is 18.0. The van der Waals surface area contributed by atoms with Gasteiger partial charge in [0.15, 0.2) is 0 Å². The average Bonchev–Trinajstić information content (AvgIpc) is 3.04. The van der Waals surface area contributed by atoms with E-state index in [0.717, 1.165) is 22.4 Å². The maximum absolute atomic E-state index is 12.5. The van der Waals surface area contributed by atoms with Crippen LogP contribution in [0.1, 0.15) is 29.2 Å². The van der Waals surface area contributed by atoms with Gasteiger partial charge in [-0.25, -0.2) is 0 Å². The van der Waals surface area contributed by atoms with Crippen molar-refractivity contribution in [1.29, 1.82) is 0 Å². The molecule has 3 rings (SSSR count). The molecule has 1 aliphatic rings. The van der Waals surface area contributed by atoms with Gasteiger partial charge in [-0.3, -0.25) is 9.59 Å². The first-order chi connectivity index (χ1) is 12.5.